The smallest absolute Gasteiger partial charge is 0.371 e. The van der Waals surface area contributed by atoms with Gasteiger partial charge in [-0.05, 0) is 6.07 Å². The number of aliphatic carboxylic acids is 1. The lowest BCUT2D eigenvalue weighted by Crippen LogP contribution is -2.59. The van der Waals surface area contributed by atoms with Crippen molar-refractivity contribution in [2.75, 3.05) is 6.61 Å². The van der Waals surface area contributed by atoms with Crippen LogP contribution in [0.2, 0.25) is 0 Å². The van der Waals surface area contributed by atoms with Crippen molar-refractivity contribution in [2.24, 2.45) is 0 Å². The highest BCUT2D eigenvalue weighted by atomic mass is 16.7. The molecule has 0 saturated carbocycles. The van der Waals surface area contributed by atoms with Crippen LogP contribution in [0, 0.1) is 10.1 Å². The number of nitrogens with zero attached hydrogens (tertiary/aromatic N) is 1. The summed E-state index contributed by atoms with van der Waals surface area (Å²) in [6, 6.07) is 5.30. The fourth-order valence-electron chi connectivity index (χ4n) is 2.35. The Kier molecular flexibility index (Phi) is 6.23. The van der Waals surface area contributed by atoms with E-state index in [0.717, 1.165) is 6.08 Å². The number of hydrogen-bond donors (Lipinski definition) is 5. The number of aliphatic hydroxyl groups is 4. The standard InChI is InChI=1S/C15H17NO10/c17-6-10-11(18)12(19)13(20)15(26-10)25-9(14(21)22)5-7-3-1-2-4-8(7)16(23)24/h1-5,10-13,15,17-20H,6H2,(H,21,22)/b9-5-/t10-,11?,12+,13-,15-/m0/s1. The zero-order chi connectivity index (χ0) is 19.4. The van der Waals surface area contributed by atoms with Crippen LogP contribution in [-0.4, -0.2) is 73.7 Å². The van der Waals surface area contributed by atoms with E-state index in [0.29, 0.717) is 0 Å². The van der Waals surface area contributed by atoms with Gasteiger partial charge in [0, 0.05) is 12.1 Å². The van der Waals surface area contributed by atoms with Crippen molar-refractivity contribution in [1.29, 1.82) is 0 Å². The van der Waals surface area contributed by atoms with Gasteiger partial charge in [0.15, 0.2) is 0 Å². The van der Waals surface area contributed by atoms with Crippen molar-refractivity contribution in [1.82, 2.24) is 0 Å². The van der Waals surface area contributed by atoms with E-state index < -0.39 is 54.0 Å². The van der Waals surface area contributed by atoms with Gasteiger partial charge >= 0.3 is 5.97 Å². The summed E-state index contributed by atoms with van der Waals surface area (Å²) in [5.74, 6) is -2.41. The van der Waals surface area contributed by atoms with Gasteiger partial charge in [-0.3, -0.25) is 10.1 Å². The summed E-state index contributed by atoms with van der Waals surface area (Å²) in [5.41, 5.74) is -0.442. The molecule has 1 saturated heterocycles. The summed E-state index contributed by atoms with van der Waals surface area (Å²) in [7, 11) is 0. The minimum Gasteiger partial charge on any atom is -0.475 e. The average molecular weight is 371 g/mol. The highest BCUT2D eigenvalue weighted by Gasteiger charge is 2.45. The molecule has 1 aliphatic heterocycles. The molecule has 1 aromatic rings. The second kappa shape index (κ2) is 8.21. The molecule has 5 atom stereocenters. The molecule has 0 amide bonds. The largest absolute Gasteiger partial charge is 0.475 e. The van der Waals surface area contributed by atoms with Crippen molar-refractivity contribution in [3.63, 3.8) is 0 Å². The third kappa shape index (κ3) is 4.15. The summed E-state index contributed by atoms with van der Waals surface area (Å²) in [6.07, 6.45) is -7.37. The maximum absolute atomic E-state index is 11.4. The summed E-state index contributed by atoms with van der Waals surface area (Å²) >= 11 is 0. The first-order valence-electron chi connectivity index (χ1n) is 7.41. The molecular weight excluding hydrogens is 354 g/mol. The summed E-state index contributed by atoms with van der Waals surface area (Å²) in [4.78, 5) is 21.7. The third-order valence-corrected chi connectivity index (χ3v) is 3.72. The van der Waals surface area contributed by atoms with E-state index in [1.807, 2.05) is 0 Å². The Labute approximate surface area is 146 Å². The lowest BCUT2D eigenvalue weighted by Gasteiger charge is -2.39. The molecule has 1 unspecified atom stereocenters. The minimum absolute atomic E-state index is 0.0699. The van der Waals surface area contributed by atoms with Crippen LogP contribution < -0.4 is 0 Å². The van der Waals surface area contributed by atoms with E-state index in [1.165, 1.54) is 24.3 Å². The van der Waals surface area contributed by atoms with Crippen LogP contribution in [-0.2, 0) is 14.3 Å². The molecule has 1 fully saturated rings. The molecule has 0 spiro atoms. The maximum Gasteiger partial charge on any atom is 0.371 e. The SMILES string of the molecule is O=C(O)/C(=C/c1ccccc1[N+](=O)[O-])O[C@H]1O[C@@H](CO)C(O)[C@@H](O)[C@@H]1O. The second-order valence-corrected chi connectivity index (χ2v) is 5.44. The van der Waals surface area contributed by atoms with Crippen LogP contribution in [0.3, 0.4) is 0 Å². The Morgan fingerprint density at radius 1 is 1.23 bits per heavy atom. The number of nitro groups is 1. The molecule has 0 bridgehead atoms. The molecule has 2 rings (SSSR count). The zero-order valence-corrected chi connectivity index (χ0v) is 13.2. The van der Waals surface area contributed by atoms with Gasteiger partial charge in [0.2, 0.25) is 12.0 Å². The minimum atomic E-state index is -1.82. The topological polar surface area (TPSA) is 180 Å². The Bertz CT molecular complexity index is 703. The second-order valence-electron chi connectivity index (χ2n) is 5.44. The molecule has 1 heterocycles. The number of ether oxygens (including phenoxy) is 2. The predicted molar refractivity (Wildman–Crippen MR) is 83.6 cm³/mol. The van der Waals surface area contributed by atoms with Crippen LogP contribution in [0.4, 0.5) is 5.69 Å². The first kappa shape index (κ1) is 19.8. The fraction of sp³-hybridized carbons (Fsp3) is 0.400. The van der Waals surface area contributed by atoms with Gasteiger partial charge in [0.05, 0.1) is 17.1 Å². The zero-order valence-electron chi connectivity index (χ0n) is 13.2. The lowest BCUT2D eigenvalue weighted by atomic mass is 9.99. The van der Waals surface area contributed by atoms with Crippen LogP contribution in [0.5, 0.6) is 0 Å². The Morgan fingerprint density at radius 2 is 1.88 bits per heavy atom. The number of carbonyl (C=O) groups is 1. The van der Waals surface area contributed by atoms with Crippen LogP contribution >= 0.6 is 0 Å². The lowest BCUT2D eigenvalue weighted by molar-refractivity contribution is -0.385. The predicted octanol–water partition coefficient (Wildman–Crippen LogP) is -1.16. The molecule has 0 aromatic heterocycles. The summed E-state index contributed by atoms with van der Waals surface area (Å²) in [5, 5.41) is 58.7. The number of benzene rings is 1. The van der Waals surface area contributed by atoms with Gasteiger partial charge in [-0.15, -0.1) is 0 Å². The average Bonchev–Trinajstić information content (AvgIpc) is 2.61. The Morgan fingerprint density at radius 3 is 2.46 bits per heavy atom. The number of hydrogen-bond acceptors (Lipinski definition) is 9. The number of aliphatic hydroxyl groups excluding tert-OH is 4. The van der Waals surface area contributed by atoms with Crippen molar-refractivity contribution < 1.29 is 44.7 Å². The van der Waals surface area contributed by atoms with Crippen LogP contribution in [0.1, 0.15) is 5.56 Å². The molecular formula is C15H17NO10. The van der Waals surface area contributed by atoms with Crippen molar-refractivity contribution in [2.45, 2.75) is 30.7 Å². The molecule has 1 aromatic carbocycles. The third-order valence-electron chi connectivity index (χ3n) is 3.72. The van der Waals surface area contributed by atoms with Crippen LogP contribution in [0.25, 0.3) is 6.08 Å². The number of nitro benzene ring substituents is 1. The van der Waals surface area contributed by atoms with E-state index >= 15 is 0 Å². The molecule has 26 heavy (non-hydrogen) atoms. The first-order valence-corrected chi connectivity index (χ1v) is 7.41. The van der Waals surface area contributed by atoms with Crippen molar-refractivity contribution in [3.05, 3.63) is 45.7 Å². The Hall–Kier alpha value is -2.57. The van der Waals surface area contributed by atoms with Gasteiger partial charge in [0.1, 0.15) is 24.4 Å². The monoisotopic (exact) mass is 371 g/mol. The number of carboxylic acids is 1. The molecule has 5 N–H and O–H groups in total. The molecule has 1 aliphatic rings. The van der Waals surface area contributed by atoms with E-state index in [4.69, 9.17) is 14.6 Å². The van der Waals surface area contributed by atoms with Gasteiger partial charge in [0.25, 0.3) is 5.69 Å². The highest BCUT2D eigenvalue weighted by Crippen LogP contribution is 2.26. The number of rotatable bonds is 6. The normalized spacial score (nSPS) is 29.2. The maximum atomic E-state index is 11.4. The number of para-hydroxylation sites is 1. The van der Waals surface area contributed by atoms with E-state index in [2.05, 4.69) is 0 Å². The van der Waals surface area contributed by atoms with E-state index in [9.17, 15) is 35.3 Å². The summed E-state index contributed by atoms with van der Waals surface area (Å²) in [6.45, 7) is -0.721. The van der Waals surface area contributed by atoms with Gasteiger partial charge in [-0.1, -0.05) is 12.1 Å². The van der Waals surface area contributed by atoms with Crippen molar-refractivity contribution >= 4 is 17.7 Å². The van der Waals surface area contributed by atoms with Gasteiger partial charge in [-0.25, -0.2) is 4.79 Å². The Balaban J connectivity index is 2.31. The molecule has 142 valence electrons. The van der Waals surface area contributed by atoms with Gasteiger partial charge < -0.3 is 35.0 Å². The molecule has 11 nitrogen and oxygen atoms in total. The molecule has 11 heteroatoms. The van der Waals surface area contributed by atoms with E-state index in [1.54, 1.807) is 0 Å². The van der Waals surface area contributed by atoms with Gasteiger partial charge in [-0.2, -0.15) is 0 Å². The molecule has 0 radical (unpaired) electrons. The fourth-order valence-corrected chi connectivity index (χ4v) is 2.35. The first-order chi connectivity index (χ1) is 12.3. The summed E-state index contributed by atoms with van der Waals surface area (Å²) < 4.78 is 10.1. The molecule has 0 aliphatic carbocycles. The quantitative estimate of drug-likeness (QED) is 0.177. The highest BCUT2D eigenvalue weighted by molar-refractivity contribution is 5.90. The number of carboxylic acid groups (broad SMARTS) is 1. The van der Waals surface area contributed by atoms with Crippen LogP contribution in [0.15, 0.2) is 30.0 Å². The van der Waals surface area contributed by atoms with E-state index in [-0.39, 0.29) is 11.3 Å². The van der Waals surface area contributed by atoms with Crippen molar-refractivity contribution in [3.8, 4) is 0 Å².